The van der Waals surface area contributed by atoms with Crippen LogP contribution in [0.25, 0.3) is 0 Å². The van der Waals surface area contributed by atoms with Gasteiger partial charge >= 0.3 is 0 Å². The molecule has 6 heteroatoms. The lowest BCUT2D eigenvalue weighted by molar-refractivity contribution is -0.132. The average Bonchev–Trinajstić information content (AvgIpc) is 3.14. The molecule has 2 aliphatic rings. The smallest absolute Gasteiger partial charge is 0.251 e. The van der Waals surface area contributed by atoms with Crippen LogP contribution in [0.15, 0.2) is 24.3 Å². The molecule has 0 spiro atoms. The molecule has 1 aromatic rings. The Morgan fingerprint density at radius 1 is 1.16 bits per heavy atom. The van der Waals surface area contributed by atoms with Crippen LogP contribution in [0.4, 0.5) is 4.39 Å². The fourth-order valence-electron chi connectivity index (χ4n) is 3.59. The maximum Gasteiger partial charge on any atom is 0.251 e. The van der Waals surface area contributed by atoms with Crippen LogP contribution < -0.4 is 10.6 Å². The van der Waals surface area contributed by atoms with Crippen molar-refractivity contribution in [2.75, 3.05) is 26.2 Å². The molecular weight excluding hydrogens is 321 g/mol. The Kier molecular flexibility index (Phi) is 6.02. The van der Waals surface area contributed by atoms with Crippen molar-refractivity contribution in [1.82, 2.24) is 15.5 Å². The quantitative estimate of drug-likeness (QED) is 0.856. The van der Waals surface area contributed by atoms with Gasteiger partial charge < -0.3 is 15.5 Å². The number of carbonyl (C=O) groups excluding carboxylic acids is 2. The van der Waals surface area contributed by atoms with E-state index in [2.05, 4.69) is 10.6 Å². The molecule has 2 heterocycles. The van der Waals surface area contributed by atoms with Gasteiger partial charge in [0.15, 0.2) is 0 Å². The molecule has 0 aromatic heterocycles. The Morgan fingerprint density at radius 2 is 1.88 bits per heavy atom. The molecule has 2 saturated heterocycles. The molecule has 0 aliphatic carbocycles. The van der Waals surface area contributed by atoms with Crippen LogP contribution in [0.2, 0.25) is 0 Å². The number of nitrogens with one attached hydrogen (secondary N) is 2. The van der Waals surface area contributed by atoms with Crippen molar-refractivity contribution in [3.63, 3.8) is 0 Å². The van der Waals surface area contributed by atoms with Crippen LogP contribution in [0, 0.1) is 11.7 Å². The molecule has 25 heavy (non-hydrogen) atoms. The lowest BCUT2D eigenvalue weighted by Crippen LogP contribution is -2.46. The Labute approximate surface area is 148 Å². The van der Waals surface area contributed by atoms with Gasteiger partial charge in [-0.2, -0.15) is 0 Å². The van der Waals surface area contributed by atoms with Gasteiger partial charge in [0.1, 0.15) is 5.82 Å². The van der Waals surface area contributed by atoms with Gasteiger partial charge in [0, 0.05) is 31.1 Å². The Bertz CT molecular complexity index is 591. The first kappa shape index (κ1) is 17.9. The molecule has 5 nitrogen and oxygen atoms in total. The summed E-state index contributed by atoms with van der Waals surface area (Å²) in [5, 5.41) is 6.31. The van der Waals surface area contributed by atoms with E-state index in [1.165, 1.54) is 30.7 Å². The predicted molar refractivity (Wildman–Crippen MR) is 93.7 cm³/mol. The third-order valence-corrected chi connectivity index (χ3v) is 5.22. The molecule has 1 atom stereocenters. The van der Waals surface area contributed by atoms with E-state index in [1.54, 1.807) is 0 Å². The summed E-state index contributed by atoms with van der Waals surface area (Å²) >= 11 is 0. The molecule has 1 aromatic carbocycles. The maximum atomic E-state index is 12.9. The number of likely N-dealkylation sites (tertiary alicyclic amines) is 1. The van der Waals surface area contributed by atoms with E-state index in [0.29, 0.717) is 31.0 Å². The molecule has 2 aliphatic heterocycles. The van der Waals surface area contributed by atoms with Crippen molar-refractivity contribution in [2.45, 2.75) is 38.1 Å². The summed E-state index contributed by atoms with van der Waals surface area (Å²) in [4.78, 5) is 26.4. The predicted octanol–water partition coefficient (Wildman–Crippen LogP) is 1.94. The van der Waals surface area contributed by atoms with Crippen LogP contribution in [0.3, 0.4) is 0 Å². The zero-order chi connectivity index (χ0) is 17.6. The summed E-state index contributed by atoms with van der Waals surface area (Å²) in [6.07, 6.45) is 4.30. The Hall–Kier alpha value is -1.95. The zero-order valence-electron chi connectivity index (χ0n) is 14.5. The largest absolute Gasteiger partial charge is 0.349 e. The van der Waals surface area contributed by atoms with E-state index in [0.717, 1.165) is 32.4 Å². The first-order valence-corrected chi connectivity index (χ1v) is 9.17. The number of piperidine rings is 1. The molecular formula is C19H26FN3O2. The molecule has 2 N–H and O–H groups in total. The minimum absolute atomic E-state index is 0.0700. The minimum Gasteiger partial charge on any atom is -0.349 e. The molecule has 3 rings (SSSR count). The molecule has 2 amide bonds. The summed E-state index contributed by atoms with van der Waals surface area (Å²) in [6.45, 7) is 3.48. The van der Waals surface area contributed by atoms with Crippen molar-refractivity contribution in [3.05, 3.63) is 35.6 Å². The second-order valence-corrected chi connectivity index (χ2v) is 7.03. The van der Waals surface area contributed by atoms with Crippen LogP contribution >= 0.6 is 0 Å². The normalized spacial score (nSPS) is 21.3. The van der Waals surface area contributed by atoms with Crippen molar-refractivity contribution >= 4 is 11.8 Å². The van der Waals surface area contributed by atoms with Crippen LogP contribution in [-0.4, -0.2) is 48.9 Å². The maximum absolute atomic E-state index is 12.9. The van der Waals surface area contributed by atoms with E-state index >= 15 is 0 Å². The number of carbonyl (C=O) groups is 2. The second kappa shape index (κ2) is 8.43. The lowest BCUT2D eigenvalue weighted by Gasteiger charge is -2.32. The van der Waals surface area contributed by atoms with Crippen molar-refractivity contribution in [2.24, 2.45) is 5.92 Å². The minimum atomic E-state index is -0.350. The molecule has 0 saturated carbocycles. The first-order valence-electron chi connectivity index (χ1n) is 9.17. The van der Waals surface area contributed by atoms with Crippen LogP contribution in [-0.2, 0) is 4.79 Å². The summed E-state index contributed by atoms with van der Waals surface area (Å²) in [5.41, 5.74) is 0.463. The Balaban J connectivity index is 1.39. The molecule has 0 radical (unpaired) electrons. The van der Waals surface area contributed by atoms with Gasteiger partial charge in [0.25, 0.3) is 5.91 Å². The third-order valence-electron chi connectivity index (χ3n) is 5.22. The number of hydrogen-bond acceptors (Lipinski definition) is 3. The van der Waals surface area contributed by atoms with Crippen molar-refractivity contribution in [1.29, 1.82) is 0 Å². The van der Waals surface area contributed by atoms with Gasteiger partial charge in [0.2, 0.25) is 5.91 Å². The van der Waals surface area contributed by atoms with Gasteiger partial charge in [-0.15, -0.1) is 0 Å². The molecule has 136 valence electrons. The van der Waals surface area contributed by atoms with E-state index in [9.17, 15) is 14.0 Å². The highest BCUT2D eigenvalue weighted by Gasteiger charge is 2.25. The van der Waals surface area contributed by atoms with E-state index in [1.807, 2.05) is 4.90 Å². The fraction of sp³-hybridized carbons (Fsp3) is 0.579. The highest BCUT2D eigenvalue weighted by atomic mass is 19.1. The summed E-state index contributed by atoms with van der Waals surface area (Å²) in [5.74, 6) is 0.335. The number of nitrogens with zero attached hydrogens (tertiary/aromatic N) is 1. The Morgan fingerprint density at radius 3 is 2.52 bits per heavy atom. The topological polar surface area (TPSA) is 61.4 Å². The summed E-state index contributed by atoms with van der Waals surface area (Å²) in [7, 11) is 0. The SMILES string of the molecule is O=C(NC1CCN(C(=O)CCC2CCNC2)CC1)c1ccc(F)cc1. The van der Waals surface area contributed by atoms with E-state index in [-0.39, 0.29) is 23.7 Å². The number of rotatable bonds is 5. The van der Waals surface area contributed by atoms with Crippen molar-refractivity contribution < 1.29 is 14.0 Å². The highest BCUT2D eigenvalue weighted by molar-refractivity contribution is 5.94. The monoisotopic (exact) mass is 347 g/mol. The lowest BCUT2D eigenvalue weighted by atomic mass is 10.0. The number of benzene rings is 1. The first-order chi connectivity index (χ1) is 12.1. The molecule has 0 bridgehead atoms. The van der Waals surface area contributed by atoms with Gasteiger partial charge in [-0.05, 0) is 69.0 Å². The number of amides is 2. The average molecular weight is 347 g/mol. The number of hydrogen-bond donors (Lipinski definition) is 2. The van der Waals surface area contributed by atoms with Gasteiger partial charge in [-0.3, -0.25) is 9.59 Å². The second-order valence-electron chi connectivity index (χ2n) is 7.03. The van der Waals surface area contributed by atoms with Gasteiger partial charge in [0.05, 0.1) is 0 Å². The summed E-state index contributed by atoms with van der Waals surface area (Å²) < 4.78 is 12.9. The standard InChI is InChI=1S/C19H26FN3O2/c20-16-4-2-15(3-5-16)19(25)22-17-8-11-23(12-9-17)18(24)6-1-14-7-10-21-13-14/h2-5,14,17,21H,1,6-13H2,(H,22,25). The zero-order valence-corrected chi connectivity index (χ0v) is 14.5. The number of halogens is 1. The van der Waals surface area contributed by atoms with E-state index in [4.69, 9.17) is 0 Å². The summed E-state index contributed by atoms with van der Waals surface area (Å²) in [6, 6.07) is 5.62. The highest BCUT2D eigenvalue weighted by Crippen LogP contribution is 2.17. The van der Waals surface area contributed by atoms with E-state index < -0.39 is 0 Å². The third kappa shape index (κ3) is 5.01. The van der Waals surface area contributed by atoms with Gasteiger partial charge in [-0.25, -0.2) is 4.39 Å². The van der Waals surface area contributed by atoms with Crippen molar-refractivity contribution in [3.8, 4) is 0 Å². The molecule has 2 fully saturated rings. The van der Waals surface area contributed by atoms with Crippen LogP contribution in [0.5, 0.6) is 0 Å². The van der Waals surface area contributed by atoms with Crippen LogP contribution in [0.1, 0.15) is 42.5 Å². The fourth-order valence-corrected chi connectivity index (χ4v) is 3.59. The molecule has 1 unspecified atom stereocenters. The van der Waals surface area contributed by atoms with Gasteiger partial charge in [-0.1, -0.05) is 0 Å².